The quantitative estimate of drug-likeness (QED) is 0.210. The number of rotatable bonds is 9. The van der Waals surface area contributed by atoms with E-state index >= 15 is 0 Å². The summed E-state index contributed by atoms with van der Waals surface area (Å²) in [6.45, 7) is 20.4. The van der Waals surface area contributed by atoms with Crippen LogP contribution in [0.4, 0.5) is 0 Å². The Morgan fingerprint density at radius 2 is 1.75 bits per heavy atom. The number of esters is 1. The first-order valence-corrected chi connectivity index (χ1v) is 17.6. The van der Waals surface area contributed by atoms with Crippen LogP contribution in [0.15, 0.2) is 11.6 Å². The van der Waals surface area contributed by atoms with Crippen LogP contribution < -0.4 is 0 Å². The zero-order valence-electron chi connectivity index (χ0n) is 27.4. The van der Waals surface area contributed by atoms with Gasteiger partial charge >= 0.3 is 5.97 Å². The predicted molar refractivity (Wildman–Crippen MR) is 167 cm³/mol. The number of carbonyl (C=O) groups is 1. The average molecular weight is 554 g/mol. The lowest BCUT2D eigenvalue weighted by atomic mass is 9.47. The molecule has 0 radical (unpaired) electrons. The van der Waals surface area contributed by atoms with Gasteiger partial charge in [-0.25, -0.2) is 0 Å². The third kappa shape index (κ3) is 6.26. The molecule has 0 aromatic heterocycles. The fourth-order valence-corrected chi connectivity index (χ4v) is 11.2. The molecule has 0 aromatic carbocycles. The standard InChI is InChI=1S/C37H63NO2/c1-25(2)9-8-10-28(5)32-13-14-33-31-12-11-29-22-30(15-18-36(29,6)34(31)16-19-37(32,33)7)40-35(39)17-20-38-23-26(3)21-27(4)24-38/h11,25-28,30-34H,8-10,12-24H2,1-7H3/t26-,27+,28-,30+,31+,32-,33-,34+,36+,37-/m1/s1. The van der Waals surface area contributed by atoms with Crippen LogP contribution in [0.3, 0.4) is 0 Å². The molecule has 3 heteroatoms. The van der Waals surface area contributed by atoms with E-state index in [-0.39, 0.29) is 12.1 Å². The molecule has 10 atom stereocenters. The molecule has 0 spiro atoms. The Kier molecular flexibility index (Phi) is 9.51. The van der Waals surface area contributed by atoms with E-state index in [0.717, 1.165) is 79.8 Å². The van der Waals surface area contributed by atoms with Gasteiger partial charge < -0.3 is 9.64 Å². The van der Waals surface area contributed by atoms with Gasteiger partial charge in [-0.15, -0.1) is 0 Å². The fourth-order valence-electron chi connectivity index (χ4n) is 11.2. The summed E-state index contributed by atoms with van der Waals surface area (Å²) in [5.74, 6) is 6.76. The number of carbonyl (C=O) groups excluding carboxylic acids is 1. The monoisotopic (exact) mass is 553 g/mol. The molecule has 228 valence electrons. The van der Waals surface area contributed by atoms with Gasteiger partial charge in [-0.05, 0) is 110 Å². The normalized spacial score (nSPS) is 42.5. The number of likely N-dealkylation sites (tertiary alicyclic amines) is 1. The summed E-state index contributed by atoms with van der Waals surface area (Å²) in [7, 11) is 0. The highest BCUT2D eigenvalue weighted by Crippen LogP contribution is 2.67. The lowest BCUT2D eigenvalue weighted by molar-refractivity contribution is -0.152. The Morgan fingerprint density at radius 1 is 1.00 bits per heavy atom. The summed E-state index contributed by atoms with van der Waals surface area (Å²) in [5.41, 5.74) is 2.52. The number of hydrogen-bond donors (Lipinski definition) is 0. The van der Waals surface area contributed by atoms with Crippen LogP contribution in [-0.2, 0) is 9.53 Å². The topological polar surface area (TPSA) is 29.5 Å². The lowest BCUT2D eigenvalue weighted by Gasteiger charge is -2.58. The van der Waals surface area contributed by atoms with E-state index in [2.05, 4.69) is 59.4 Å². The van der Waals surface area contributed by atoms with Gasteiger partial charge in [0.15, 0.2) is 0 Å². The van der Waals surface area contributed by atoms with E-state index in [1.165, 1.54) is 64.2 Å². The van der Waals surface area contributed by atoms with Crippen LogP contribution >= 0.6 is 0 Å². The smallest absolute Gasteiger partial charge is 0.307 e. The maximum Gasteiger partial charge on any atom is 0.307 e. The minimum Gasteiger partial charge on any atom is -0.462 e. The maximum absolute atomic E-state index is 12.9. The molecule has 5 rings (SSSR count). The molecule has 0 amide bonds. The molecule has 0 aromatic rings. The van der Waals surface area contributed by atoms with Crippen molar-refractivity contribution in [2.24, 2.45) is 58.2 Å². The number of hydrogen-bond acceptors (Lipinski definition) is 3. The Hall–Kier alpha value is -0.830. The van der Waals surface area contributed by atoms with Gasteiger partial charge in [-0.2, -0.15) is 0 Å². The average Bonchev–Trinajstić information content (AvgIpc) is 3.24. The van der Waals surface area contributed by atoms with Crippen LogP contribution in [0.1, 0.15) is 132 Å². The Bertz CT molecular complexity index is 900. The molecule has 40 heavy (non-hydrogen) atoms. The van der Waals surface area contributed by atoms with E-state index < -0.39 is 0 Å². The van der Waals surface area contributed by atoms with Crippen molar-refractivity contribution in [2.75, 3.05) is 19.6 Å². The summed E-state index contributed by atoms with van der Waals surface area (Å²) < 4.78 is 6.13. The zero-order valence-corrected chi connectivity index (χ0v) is 27.4. The second-order valence-electron chi connectivity index (χ2n) is 16.6. The van der Waals surface area contributed by atoms with Crippen molar-refractivity contribution in [2.45, 2.75) is 138 Å². The molecule has 1 saturated heterocycles. The van der Waals surface area contributed by atoms with E-state index in [1.54, 1.807) is 5.57 Å². The largest absolute Gasteiger partial charge is 0.462 e. The van der Waals surface area contributed by atoms with Crippen molar-refractivity contribution in [3.63, 3.8) is 0 Å². The van der Waals surface area contributed by atoms with Crippen LogP contribution in [-0.4, -0.2) is 36.6 Å². The van der Waals surface area contributed by atoms with Gasteiger partial charge in [0.2, 0.25) is 0 Å². The van der Waals surface area contributed by atoms with Gasteiger partial charge in [-0.1, -0.05) is 79.4 Å². The second kappa shape index (κ2) is 12.4. The number of ether oxygens (including phenoxy) is 1. The molecule has 3 nitrogen and oxygen atoms in total. The Balaban J connectivity index is 1.16. The Morgan fingerprint density at radius 3 is 2.48 bits per heavy atom. The maximum atomic E-state index is 12.9. The number of fused-ring (bicyclic) bond motifs is 5. The van der Waals surface area contributed by atoms with Crippen molar-refractivity contribution < 1.29 is 9.53 Å². The van der Waals surface area contributed by atoms with Crippen molar-refractivity contribution >= 4 is 5.97 Å². The Labute approximate surface area is 247 Å². The second-order valence-corrected chi connectivity index (χ2v) is 16.6. The van der Waals surface area contributed by atoms with Crippen LogP contribution in [0.2, 0.25) is 0 Å². The van der Waals surface area contributed by atoms with E-state index in [4.69, 9.17) is 4.74 Å². The predicted octanol–water partition coefficient (Wildman–Crippen LogP) is 9.31. The van der Waals surface area contributed by atoms with Gasteiger partial charge in [0.25, 0.3) is 0 Å². The fraction of sp³-hybridized carbons (Fsp3) is 0.919. The summed E-state index contributed by atoms with van der Waals surface area (Å²) >= 11 is 0. The zero-order chi connectivity index (χ0) is 28.7. The minimum atomic E-state index is 0.0294. The number of piperidine rings is 1. The van der Waals surface area contributed by atoms with Crippen molar-refractivity contribution in [1.82, 2.24) is 4.90 Å². The third-order valence-electron chi connectivity index (χ3n) is 13.1. The molecule has 4 fully saturated rings. The first kappa shape index (κ1) is 30.6. The molecular weight excluding hydrogens is 490 g/mol. The highest BCUT2D eigenvalue weighted by molar-refractivity contribution is 5.69. The summed E-state index contributed by atoms with van der Waals surface area (Å²) in [6.07, 6.45) is 19.1. The molecular formula is C37H63NO2. The van der Waals surface area contributed by atoms with Gasteiger partial charge in [-0.3, -0.25) is 4.79 Å². The molecule has 4 aliphatic carbocycles. The van der Waals surface area contributed by atoms with E-state index in [9.17, 15) is 4.79 Å². The first-order chi connectivity index (χ1) is 19.0. The molecule has 1 aliphatic heterocycles. The molecule has 1 heterocycles. The first-order valence-electron chi connectivity index (χ1n) is 17.6. The van der Waals surface area contributed by atoms with Crippen molar-refractivity contribution in [3.05, 3.63) is 11.6 Å². The van der Waals surface area contributed by atoms with Crippen molar-refractivity contribution in [1.29, 1.82) is 0 Å². The molecule has 5 aliphatic rings. The number of nitrogens with zero attached hydrogens (tertiary/aromatic N) is 1. The minimum absolute atomic E-state index is 0.0294. The third-order valence-corrected chi connectivity index (χ3v) is 13.1. The summed E-state index contributed by atoms with van der Waals surface area (Å²) in [5, 5.41) is 0. The van der Waals surface area contributed by atoms with E-state index in [1.807, 2.05) is 0 Å². The highest BCUT2D eigenvalue weighted by atomic mass is 16.5. The summed E-state index contributed by atoms with van der Waals surface area (Å²) in [4.78, 5) is 15.3. The van der Waals surface area contributed by atoms with Gasteiger partial charge in [0.1, 0.15) is 6.10 Å². The van der Waals surface area contributed by atoms with Gasteiger partial charge in [0, 0.05) is 26.1 Å². The molecule has 0 bridgehead atoms. The van der Waals surface area contributed by atoms with Crippen molar-refractivity contribution in [3.8, 4) is 0 Å². The van der Waals surface area contributed by atoms with Crippen LogP contribution in [0.25, 0.3) is 0 Å². The van der Waals surface area contributed by atoms with Crippen LogP contribution in [0.5, 0.6) is 0 Å². The SMILES string of the molecule is CC(C)CCC[C@@H](C)[C@H]1CC[C@@H]2[C@@H]3CC=C4C[C@@H](OC(=O)CCN5C[C@H](C)C[C@H](C)C5)CC[C@]4(C)[C@H]3CC[C@@]21C. The summed E-state index contributed by atoms with van der Waals surface area (Å²) in [6, 6.07) is 0. The highest BCUT2D eigenvalue weighted by Gasteiger charge is 2.59. The van der Waals surface area contributed by atoms with Crippen LogP contribution in [0, 0.1) is 58.2 Å². The number of allylic oxidation sites excluding steroid dienone is 1. The molecule has 0 N–H and O–H groups in total. The van der Waals surface area contributed by atoms with E-state index in [0.29, 0.717) is 17.3 Å². The lowest BCUT2D eigenvalue weighted by Crippen LogP contribution is -2.51. The molecule has 0 unspecified atom stereocenters. The van der Waals surface area contributed by atoms with Gasteiger partial charge in [0.05, 0.1) is 6.42 Å². The molecule has 3 saturated carbocycles.